The summed E-state index contributed by atoms with van der Waals surface area (Å²) >= 11 is 0. The van der Waals surface area contributed by atoms with Crippen LogP contribution in [0.15, 0.2) is 69.9 Å². The van der Waals surface area contributed by atoms with E-state index in [9.17, 15) is 4.79 Å². The number of rotatable bonds is 6. The van der Waals surface area contributed by atoms with Crippen LogP contribution in [0.1, 0.15) is 23.2 Å². The number of hydrogen-bond donors (Lipinski definition) is 1. The van der Waals surface area contributed by atoms with Crippen LogP contribution in [-0.4, -0.2) is 79.2 Å². The molecule has 2 aromatic carbocycles. The standard InChI is InChI=1S/C25H28N6O4/c1-33-27-21-12-13-30(15-21)25(26-17-35-29-25)23-14-22(28-34-2)16-31(23)24(32)20-10-8-19(9-11-20)18-6-4-3-5-7-18/h3-11,17,23,29H,12-16H2,1-2H3/t23-,25?/m0/s1. The predicted octanol–water partition coefficient (Wildman–Crippen LogP) is 2.50. The van der Waals surface area contributed by atoms with E-state index in [2.05, 4.69) is 25.7 Å². The molecule has 0 saturated carbocycles. The summed E-state index contributed by atoms with van der Waals surface area (Å²) in [6, 6.07) is 17.4. The summed E-state index contributed by atoms with van der Waals surface area (Å²) in [6.45, 7) is 1.57. The maximum Gasteiger partial charge on any atom is 0.254 e. The molecule has 1 unspecified atom stereocenters. The zero-order chi connectivity index (χ0) is 24.3. The van der Waals surface area contributed by atoms with Crippen molar-refractivity contribution in [1.29, 1.82) is 0 Å². The SMILES string of the molecule is CON=C1C[C@@H](C2(N3CCC(=NOC)C3)N=CON2)N(C(=O)c2ccc(-c3ccccc3)cc2)C1. The smallest absolute Gasteiger partial charge is 0.254 e. The van der Waals surface area contributed by atoms with Crippen molar-refractivity contribution in [3.8, 4) is 11.1 Å². The van der Waals surface area contributed by atoms with Gasteiger partial charge in [-0.3, -0.25) is 9.69 Å². The van der Waals surface area contributed by atoms with Crippen molar-refractivity contribution in [3.05, 3.63) is 60.2 Å². The molecule has 3 aliphatic heterocycles. The lowest BCUT2D eigenvalue weighted by molar-refractivity contribution is -0.0401. The summed E-state index contributed by atoms with van der Waals surface area (Å²) in [6.07, 6.45) is 2.62. The van der Waals surface area contributed by atoms with Gasteiger partial charge in [0, 0.05) is 31.5 Å². The number of hydrogen-bond acceptors (Lipinski definition) is 9. The minimum Gasteiger partial charge on any atom is -0.399 e. The lowest BCUT2D eigenvalue weighted by atomic mass is 10.0. The maximum atomic E-state index is 13.8. The molecule has 2 atom stereocenters. The van der Waals surface area contributed by atoms with Crippen LogP contribution < -0.4 is 5.48 Å². The third kappa shape index (κ3) is 4.38. The summed E-state index contributed by atoms with van der Waals surface area (Å²) in [7, 11) is 3.04. The molecular weight excluding hydrogens is 448 g/mol. The zero-order valence-electron chi connectivity index (χ0n) is 19.8. The van der Waals surface area contributed by atoms with E-state index < -0.39 is 5.79 Å². The first-order valence-corrected chi connectivity index (χ1v) is 11.5. The molecule has 5 rings (SSSR count). The van der Waals surface area contributed by atoms with E-state index >= 15 is 0 Å². The minimum absolute atomic E-state index is 0.107. The molecule has 3 heterocycles. The molecule has 2 fully saturated rings. The average Bonchev–Trinajstić information content (AvgIpc) is 3.65. The monoisotopic (exact) mass is 476 g/mol. The molecule has 1 N–H and O–H groups in total. The first kappa shape index (κ1) is 23.0. The lowest BCUT2D eigenvalue weighted by Crippen LogP contribution is -2.65. The fraction of sp³-hybridized carbons (Fsp3) is 0.360. The van der Waals surface area contributed by atoms with Gasteiger partial charge in [0.05, 0.1) is 24.0 Å². The Morgan fingerprint density at radius 2 is 1.74 bits per heavy atom. The van der Waals surface area contributed by atoms with Crippen LogP contribution in [0.5, 0.6) is 0 Å². The molecule has 0 aromatic heterocycles. The van der Waals surface area contributed by atoms with Gasteiger partial charge in [-0.25, -0.2) is 4.99 Å². The number of oxime groups is 2. The van der Waals surface area contributed by atoms with E-state index in [0.717, 1.165) is 29.0 Å². The Hall–Kier alpha value is -3.76. The highest BCUT2D eigenvalue weighted by molar-refractivity contribution is 6.01. The average molecular weight is 477 g/mol. The summed E-state index contributed by atoms with van der Waals surface area (Å²) in [5, 5.41) is 8.28. The minimum atomic E-state index is -0.977. The van der Waals surface area contributed by atoms with Crippen molar-refractivity contribution >= 4 is 23.7 Å². The Balaban J connectivity index is 1.45. The molecule has 2 saturated heterocycles. The fourth-order valence-corrected chi connectivity index (χ4v) is 4.97. The number of nitrogens with zero attached hydrogens (tertiary/aromatic N) is 5. The highest BCUT2D eigenvalue weighted by atomic mass is 16.7. The van der Waals surface area contributed by atoms with Crippen LogP contribution in [0, 0.1) is 0 Å². The highest BCUT2D eigenvalue weighted by Crippen LogP contribution is 2.35. The fourth-order valence-electron chi connectivity index (χ4n) is 4.97. The predicted molar refractivity (Wildman–Crippen MR) is 132 cm³/mol. The van der Waals surface area contributed by atoms with Crippen LogP contribution in [0.25, 0.3) is 11.1 Å². The van der Waals surface area contributed by atoms with Crippen LogP contribution in [0.2, 0.25) is 0 Å². The number of benzene rings is 2. The van der Waals surface area contributed by atoms with E-state index in [1.165, 1.54) is 20.6 Å². The Bertz CT molecular complexity index is 1150. The van der Waals surface area contributed by atoms with Gasteiger partial charge in [-0.1, -0.05) is 52.8 Å². The van der Waals surface area contributed by atoms with Gasteiger partial charge in [0.15, 0.2) is 6.40 Å². The summed E-state index contributed by atoms with van der Waals surface area (Å²) in [5.74, 6) is -1.08. The quantitative estimate of drug-likeness (QED) is 0.643. The van der Waals surface area contributed by atoms with E-state index in [1.807, 2.05) is 54.6 Å². The van der Waals surface area contributed by atoms with Gasteiger partial charge in [0.25, 0.3) is 5.91 Å². The zero-order valence-corrected chi connectivity index (χ0v) is 19.8. The molecular formula is C25H28N6O4. The molecule has 0 radical (unpaired) electrons. The van der Waals surface area contributed by atoms with Crippen molar-refractivity contribution in [2.45, 2.75) is 24.7 Å². The Morgan fingerprint density at radius 3 is 2.43 bits per heavy atom. The molecule has 0 spiro atoms. The number of aliphatic imine (C=N–C) groups is 1. The van der Waals surface area contributed by atoms with Gasteiger partial charge in [-0.2, -0.15) is 0 Å². The normalized spacial score (nSPS) is 26.5. The topological polar surface area (TPSA) is 100 Å². The van der Waals surface area contributed by atoms with Crippen molar-refractivity contribution < 1.29 is 19.3 Å². The Labute approximate surface area is 203 Å². The summed E-state index contributed by atoms with van der Waals surface area (Å²) < 4.78 is 0. The van der Waals surface area contributed by atoms with Crippen LogP contribution >= 0.6 is 0 Å². The molecule has 2 aromatic rings. The van der Waals surface area contributed by atoms with Gasteiger partial charge in [0.2, 0.25) is 5.79 Å². The molecule has 0 aliphatic carbocycles. The van der Waals surface area contributed by atoms with Gasteiger partial charge in [-0.15, -0.1) is 5.48 Å². The molecule has 35 heavy (non-hydrogen) atoms. The molecule has 10 nitrogen and oxygen atoms in total. The Kier molecular flexibility index (Phi) is 6.47. The van der Waals surface area contributed by atoms with Crippen LogP contribution in [0.3, 0.4) is 0 Å². The summed E-state index contributed by atoms with van der Waals surface area (Å²) in [4.78, 5) is 37.8. The highest BCUT2D eigenvalue weighted by Gasteiger charge is 2.55. The first-order chi connectivity index (χ1) is 17.1. The van der Waals surface area contributed by atoms with Crippen LogP contribution in [0.4, 0.5) is 0 Å². The molecule has 182 valence electrons. The van der Waals surface area contributed by atoms with Gasteiger partial charge in [-0.05, 0) is 23.3 Å². The van der Waals surface area contributed by atoms with Gasteiger partial charge >= 0.3 is 0 Å². The maximum absolute atomic E-state index is 13.8. The van der Waals surface area contributed by atoms with E-state index in [4.69, 9.17) is 14.5 Å². The summed E-state index contributed by atoms with van der Waals surface area (Å²) in [5.41, 5.74) is 7.48. The molecule has 10 heteroatoms. The number of likely N-dealkylation sites (tertiary alicyclic amines) is 2. The van der Waals surface area contributed by atoms with Gasteiger partial charge in [0.1, 0.15) is 14.2 Å². The third-order valence-corrected chi connectivity index (χ3v) is 6.60. The number of carbonyl (C=O) groups is 1. The Morgan fingerprint density at radius 1 is 1.03 bits per heavy atom. The number of nitrogens with one attached hydrogen (secondary N) is 1. The van der Waals surface area contributed by atoms with Crippen LogP contribution in [-0.2, 0) is 14.5 Å². The van der Waals surface area contributed by atoms with Crippen molar-refractivity contribution in [1.82, 2.24) is 15.3 Å². The molecule has 1 amide bonds. The second-order valence-corrected chi connectivity index (χ2v) is 8.63. The third-order valence-electron chi connectivity index (χ3n) is 6.60. The lowest BCUT2D eigenvalue weighted by Gasteiger charge is -2.41. The largest absolute Gasteiger partial charge is 0.399 e. The van der Waals surface area contributed by atoms with Gasteiger partial charge < -0.3 is 19.4 Å². The van der Waals surface area contributed by atoms with E-state index in [-0.39, 0.29) is 11.9 Å². The van der Waals surface area contributed by atoms with Crippen molar-refractivity contribution in [2.75, 3.05) is 33.9 Å². The van der Waals surface area contributed by atoms with E-state index in [1.54, 1.807) is 4.90 Å². The molecule has 3 aliphatic rings. The van der Waals surface area contributed by atoms with E-state index in [0.29, 0.717) is 31.6 Å². The second-order valence-electron chi connectivity index (χ2n) is 8.63. The van der Waals surface area contributed by atoms with Crippen molar-refractivity contribution in [3.63, 3.8) is 0 Å². The number of carbonyl (C=O) groups excluding carboxylic acids is 1. The number of amides is 1. The second kappa shape index (κ2) is 9.85. The first-order valence-electron chi connectivity index (χ1n) is 11.5. The van der Waals surface area contributed by atoms with Crippen molar-refractivity contribution in [2.24, 2.45) is 15.3 Å². The number of hydroxylamine groups is 1. The molecule has 0 bridgehead atoms.